The molecule has 1 aromatic rings. The Balaban J connectivity index is 1.80. The molecular formula is C15H21ClN2O2. The van der Waals surface area contributed by atoms with Crippen LogP contribution in [0, 0.1) is 5.92 Å². The molecule has 0 spiro atoms. The molecule has 1 aliphatic rings. The lowest BCUT2D eigenvalue weighted by Gasteiger charge is -2.32. The number of carbonyl (C=O) groups excluding carboxylic acids is 1. The molecule has 2 N–H and O–H groups in total. The number of likely N-dealkylation sites (tertiary alicyclic amines) is 1. The average molecular weight is 297 g/mol. The number of amides is 1. The summed E-state index contributed by atoms with van der Waals surface area (Å²) in [5.41, 5.74) is 0.651. The second-order valence-corrected chi connectivity index (χ2v) is 5.79. The molecule has 1 unspecified atom stereocenters. The van der Waals surface area contributed by atoms with E-state index in [-0.39, 0.29) is 12.0 Å². The van der Waals surface area contributed by atoms with Crippen molar-refractivity contribution in [3.8, 4) is 0 Å². The number of nitrogens with zero attached hydrogens (tertiary/aromatic N) is 1. The summed E-state index contributed by atoms with van der Waals surface area (Å²) in [5.74, 6) is 0.312. The Morgan fingerprint density at radius 3 is 2.70 bits per heavy atom. The first-order chi connectivity index (χ1) is 9.56. The van der Waals surface area contributed by atoms with Gasteiger partial charge in [0.1, 0.15) is 0 Å². The van der Waals surface area contributed by atoms with E-state index in [1.807, 2.05) is 19.1 Å². The molecule has 0 aliphatic carbocycles. The second kappa shape index (κ2) is 7.07. The van der Waals surface area contributed by atoms with E-state index in [1.165, 1.54) is 0 Å². The Bertz CT molecular complexity index is 457. The number of piperidine rings is 1. The van der Waals surface area contributed by atoms with Crippen molar-refractivity contribution in [3.63, 3.8) is 0 Å². The van der Waals surface area contributed by atoms with Crippen LogP contribution in [0.2, 0.25) is 5.02 Å². The summed E-state index contributed by atoms with van der Waals surface area (Å²) in [7, 11) is 0. The van der Waals surface area contributed by atoms with Crippen LogP contribution in [-0.4, -0.2) is 41.7 Å². The molecule has 0 aromatic heterocycles. The van der Waals surface area contributed by atoms with Crippen molar-refractivity contribution in [2.75, 3.05) is 25.0 Å². The van der Waals surface area contributed by atoms with E-state index in [0.29, 0.717) is 23.2 Å². The van der Waals surface area contributed by atoms with E-state index in [4.69, 9.17) is 11.6 Å². The number of para-hydroxylation sites is 1. The van der Waals surface area contributed by atoms with Crippen molar-refractivity contribution in [1.29, 1.82) is 0 Å². The van der Waals surface area contributed by atoms with Crippen molar-refractivity contribution in [2.24, 2.45) is 5.92 Å². The van der Waals surface area contributed by atoms with Crippen LogP contribution in [-0.2, 0) is 4.79 Å². The molecule has 1 fully saturated rings. The Morgan fingerprint density at radius 2 is 2.10 bits per heavy atom. The summed E-state index contributed by atoms with van der Waals surface area (Å²) in [6.45, 7) is 3.92. The fraction of sp³-hybridized carbons (Fsp3) is 0.533. The maximum Gasteiger partial charge on any atom is 0.238 e. The number of hydrogen-bond acceptors (Lipinski definition) is 3. The predicted octanol–water partition coefficient (Wildman–Crippen LogP) is 2.37. The van der Waals surface area contributed by atoms with Gasteiger partial charge in [0, 0.05) is 0 Å². The van der Waals surface area contributed by atoms with E-state index < -0.39 is 0 Å². The van der Waals surface area contributed by atoms with Crippen LogP contribution < -0.4 is 5.32 Å². The topological polar surface area (TPSA) is 52.6 Å². The minimum absolute atomic E-state index is 0.0476. The van der Waals surface area contributed by atoms with Gasteiger partial charge in [0.25, 0.3) is 0 Å². The molecule has 20 heavy (non-hydrogen) atoms. The third-order valence-corrected chi connectivity index (χ3v) is 4.16. The number of aliphatic hydroxyl groups excluding tert-OH is 1. The van der Waals surface area contributed by atoms with E-state index in [0.717, 1.165) is 25.9 Å². The molecule has 1 amide bonds. The molecule has 0 radical (unpaired) electrons. The highest BCUT2D eigenvalue weighted by molar-refractivity contribution is 6.33. The van der Waals surface area contributed by atoms with Crippen molar-refractivity contribution in [3.05, 3.63) is 29.3 Å². The van der Waals surface area contributed by atoms with Gasteiger partial charge in [-0.05, 0) is 50.9 Å². The summed E-state index contributed by atoms with van der Waals surface area (Å²) in [6, 6.07) is 7.22. The summed E-state index contributed by atoms with van der Waals surface area (Å²) in [5, 5.41) is 12.9. The van der Waals surface area contributed by atoms with Gasteiger partial charge >= 0.3 is 0 Å². The molecule has 1 aromatic carbocycles. The van der Waals surface area contributed by atoms with E-state index in [9.17, 15) is 9.90 Å². The van der Waals surface area contributed by atoms with Crippen LogP contribution in [0.5, 0.6) is 0 Å². The Morgan fingerprint density at radius 1 is 1.45 bits per heavy atom. The molecule has 4 nitrogen and oxygen atoms in total. The molecule has 5 heteroatoms. The first-order valence-electron chi connectivity index (χ1n) is 7.01. The zero-order chi connectivity index (χ0) is 14.5. The number of benzene rings is 1. The minimum atomic E-state index is -0.255. The monoisotopic (exact) mass is 296 g/mol. The van der Waals surface area contributed by atoms with Gasteiger partial charge in [-0.3, -0.25) is 9.69 Å². The van der Waals surface area contributed by atoms with Crippen LogP contribution in [0.25, 0.3) is 0 Å². The van der Waals surface area contributed by atoms with Crippen LogP contribution >= 0.6 is 11.6 Å². The molecule has 110 valence electrons. The third-order valence-electron chi connectivity index (χ3n) is 3.83. The summed E-state index contributed by atoms with van der Waals surface area (Å²) in [4.78, 5) is 14.1. The molecule has 1 aliphatic heterocycles. The molecule has 1 heterocycles. The maximum absolute atomic E-state index is 12.0. The zero-order valence-corrected chi connectivity index (χ0v) is 12.4. The highest BCUT2D eigenvalue weighted by Crippen LogP contribution is 2.22. The van der Waals surface area contributed by atoms with Crippen LogP contribution in [0.1, 0.15) is 19.8 Å². The third kappa shape index (κ3) is 4.20. The van der Waals surface area contributed by atoms with E-state index >= 15 is 0 Å². The van der Waals surface area contributed by atoms with E-state index in [1.54, 1.807) is 12.1 Å². The lowest BCUT2D eigenvalue weighted by molar-refractivity contribution is -0.117. The largest absolute Gasteiger partial charge is 0.393 e. The first-order valence-corrected chi connectivity index (χ1v) is 7.39. The fourth-order valence-electron chi connectivity index (χ4n) is 2.55. The van der Waals surface area contributed by atoms with Crippen LogP contribution in [0.4, 0.5) is 5.69 Å². The predicted molar refractivity (Wildman–Crippen MR) is 80.9 cm³/mol. The number of hydrogen-bond donors (Lipinski definition) is 2. The molecule has 1 atom stereocenters. The average Bonchev–Trinajstić information content (AvgIpc) is 2.42. The van der Waals surface area contributed by atoms with Crippen molar-refractivity contribution in [2.45, 2.75) is 25.9 Å². The zero-order valence-electron chi connectivity index (χ0n) is 11.7. The van der Waals surface area contributed by atoms with Crippen molar-refractivity contribution < 1.29 is 9.90 Å². The maximum atomic E-state index is 12.0. The fourth-order valence-corrected chi connectivity index (χ4v) is 2.73. The van der Waals surface area contributed by atoms with Gasteiger partial charge in [-0.25, -0.2) is 0 Å². The molecule has 0 bridgehead atoms. The Labute approximate surface area is 124 Å². The normalized spacial score (nSPS) is 18.8. The Hall–Kier alpha value is -1.10. The number of aliphatic hydroxyl groups is 1. The minimum Gasteiger partial charge on any atom is -0.393 e. The van der Waals surface area contributed by atoms with Crippen LogP contribution in [0.3, 0.4) is 0 Å². The standard InChI is InChI=1S/C15H21ClN2O2/c1-11(19)12-6-8-18(9-7-12)10-15(20)17-14-5-3-2-4-13(14)16/h2-5,11-12,19H,6-10H2,1H3,(H,17,20). The van der Waals surface area contributed by atoms with Gasteiger partial charge in [-0.15, -0.1) is 0 Å². The Kier molecular flexibility index (Phi) is 5.40. The number of anilines is 1. The summed E-state index contributed by atoms with van der Waals surface area (Å²) >= 11 is 6.01. The summed E-state index contributed by atoms with van der Waals surface area (Å²) in [6.07, 6.45) is 1.63. The van der Waals surface area contributed by atoms with Gasteiger partial charge in [0.15, 0.2) is 0 Å². The number of rotatable bonds is 4. The first kappa shape index (κ1) is 15.3. The molecule has 1 saturated heterocycles. The number of nitrogens with one attached hydrogen (secondary N) is 1. The second-order valence-electron chi connectivity index (χ2n) is 5.38. The lowest BCUT2D eigenvalue weighted by atomic mass is 9.92. The van der Waals surface area contributed by atoms with Crippen LogP contribution in [0.15, 0.2) is 24.3 Å². The number of carbonyl (C=O) groups is 1. The smallest absolute Gasteiger partial charge is 0.238 e. The summed E-state index contributed by atoms with van der Waals surface area (Å²) < 4.78 is 0. The molecular weight excluding hydrogens is 276 g/mol. The quantitative estimate of drug-likeness (QED) is 0.897. The highest BCUT2D eigenvalue weighted by atomic mass is 35.5. The van der Waals surface area contributed by atoms with Gasteiger partial charge in [-0.2, -0.15) is 0 Å². The van der Waals surface area contributed by atoms with Gasteiger partial charge in [0.05, 0.1) is 23.4 Å². The van der Waals surface area contributed by atoms with Crippen molar-refractivity contribution in [1.82, 2.24) is 4.90 Å². The van der Waals surface area contributed by atoms with E-state index in [2.05, 4.69) is 10.2 Å². The SMILES string of the molecule is CC(O)C1CCN(CC(=O)Nc2ccccc2Cl)CC1. The van der Waals surface area contributed by atoms with Crippen molar-refractivity contribution >= 4 is 23.2 Å². The molecule has 2 rings (SSSR count). The molecule has 0 saturated carbocycles. The van der Waals surface area contributed by atoms with Gasteiger partial charge in [0.2, 0.25) is 5.91 Å². The lowest BCUT2D eigenvalue weighted by Crippen LogP contribution is -2.41. The highest BCUT2D eigenvalue weighted by Gasteiger charge is 2.23. The van der Waals surface area contributed by atoms with Gasteiger partial charge < -0.3 is 10.4 Å². The van der Waals surface area contributed by atoms with Gasteiger partial charge in [-0.1, -0.05) is 23.7 Å². The number of halogens is 1.